The van der Waals surface area contributed by atoms with Gasteiger partial charge in [-0.2, -0.15) is 0 Å². The SMILES string of the molecule is CCC(=O)C(=O)Cc1ccc(C)cc1. The van der Waals surface area contributed by atoms with Crippen molar-refractivity contribution in [1.29, 1.82) is 0 Å². The van der Waals surface area contributed by atoms with Gasteiger partial charge in [-0.1, -0.05) is 36.8 Å². The summed E-state index contributed by atoms with van der Waals surface area (Å²) in [4.78, 5) is 22.3. The van der Waals surface area contributed by atoms with Crippen LogP contribution in [0.1, 0.15) is 24.5 Å². The van der Waals surface area contributed by atoms with Crippen molar-refractivity contribution in [2.24, 2.45) is 0 Å². The first kappa shape index (κ1) is 10.6. The zero-order chi connectivity index (χ0) is 10.6. The van der Waals surface area contributed by atoms with Gasteiger partial charge < -0.3 is 0 Å². The quantitative estimate of drug-likeness (QED) is 0.681. The highest BCUT2D eigenvalue weighted by Crippen LogP contribution is 2.04. The van der Waals surface area contributed by atoms with Crippen LogP contribution in [0.4, 0.5) is 0 Å². The van der Waals surface area contributed by atoms with Crippen LogP contribution in [0.15, 0.2) is 24.3 Å². The molecule has 0 heterocycles. The fraction of sp³-hybridized carbons (Fsp3) is 0.333. The number of rotatable bonds is 4. The third-order valence-corrected chi connectivity index (χ3v) is 2.12. The summed E-state index contributed by atoms with van der Waals surface area (Å²) in [5.41, 5.74) is 2.06. The second-order valence-electron chi connectivity index (χ2n) is 3.36. The van der Waals surface area contributed by atoms with E-state index < -0.39 is 0 Å². The summed E-state index contributed by atoms with van der Waals surface area (Å²) in [6, 6.07) is 7.66. The van der Waals surface area contributed by atoms with Crippen LogP contribution < -0.4 is 0 Å². The fourth-order valence-electron chi connectivity index (χ4n) is 1.19. The van der Waals surface area contributed by atoms with Crippen molar-refractivity contribution in [3.63, 3.8) is 0 Å². The van der Waals surface area contributed by atoms with Crippen molar-refractivity contribution in [3.8, 4) is 0 Å². The van der Waals surface area contributed by atoms with Crippen molar-refractivity contribution in [2.45, 2.75) is 26.7 Å². The lowest BCUT2D eigenvalue weighted by molar-refractivity contribution is -0.136. The molecule has 1 aromatic rings. The normalized spacial score (nSPS) is 9.86. The van der Waals surface area contributed by atoms with Crippen LogP contribution in [-0.2, 0) is 16.0 Å². The minimum absolute atomic E-state index is 0.229. The minimum Gasteiger partial charge on any atom is -0.291 e. The van der Waals surface area contributed by atoms with E-state index in [2.05, 4.69) is 0 Å². The Balaban J connectivity index is 2.65. The van der Waals surface area contributed by atoms with Crippen LogP contribution in [0, 0.1) is 6.92 Å². The highest BCUT2D eigenvalue weighted by molar-refractivity contribution is 6.37. The van der Waals surface area contributed by atoms with Crippen molar-refractivity contribution in [2.75, 3.05) is 0 Å². The molecule has 0 saturated heterocycles. The molecule has 2 heteroatoms. The molecule has 0 amide bonds. The number of hydrogen-bond acceptors (Lipinski definition) is 2. The topological polar surface area (TPSA) is 34.1 Å². The molecule has 0 aliphatic carbocycles. The number of benzene rings is 1. The van der Waals surface area contributed by atoms with E-state index in [0.717, 1.165) is 11.1 Å². The molecule has 1 rings (SSSR count). The monoisotopic (exact) mass is 190 g/mol. The van der Waals surface area contributed by atoms with Gasteiger partial charge in [-0.05, 0) is 12.5 Å². The Morgan fingerprint density at radius 2 is 1.64 bits per heavy atom. The first-order valence-corrected chi connectivity index (χ1v) is 4.75. The molecule has 74 valence electrons. The van der Waals surface area contributed by atoms with Gasteiger partial charge in [0.05, 0.1) is 0 Å². The number of hydrogen-bond donors (Lipinski definition) is 0. The Morgan fingerprint density at radius 3 is 2.14 bits per heavy atom. The summed E-state index contributed by atoms with van der Waals surface area (Å²) >= 11 is 0. The predicted molar refractivity (Wildman–Crippen MR) is 55.2 cm³/mol. The lowest BCUT2D eigenvalue weighted by Gasteiger charge is -1.99. The number of ketones is 2. The van der Waals surface area contributed by atoms with E-state index >= 15 is 0 Å². The standard InChI is InChI=1S/C12H14O2/c1-3-11(13)12(14)8-10-6-4-9(2)5-7-10/h4-7H,3,8H2,1-2H3. The Hall–Kier alpha value is -1.44. The maximum absolute atomic E-state index is 11.3. The Morgan fingerprint density at radius 1 is 1.07 bits per heavy atom. The zero-order valence-electron chi connectivity index (χ0n) is 8.54. The van der Waals surface area contributed by atoms with Gasteiger partial charge in [-0.25, -0.2) is 0 Å². The maximum Gasteiger partial charge on any atom is 0.202 e. The molecule has 0 radical (unpaired) electrons. The molecule has 0 spiro atoms. The molecule has 0 fully saturated rings. The largest absolute Gasteiger partial charge is 0.291 e. The van der Waals surface area contributed by atoms with E-state index in [9.17, 15) is 9.59 Å². The molecule has 0 aliphatic heterocycles. The third kappa shape index (κ3) is 2.80. The molecule has 0 bridgehead atoms. The highest BCUT2D eigenvalue weighted by Gasteiger charge is 2.11. The van der Waals surface area contributed by atoms with E-state index in [-0.39, 0.29) is 18.0 Å². The predicted octanol–water partition coefficient (Wildman–Crippen LogP) is 2.09. The average Bonchev–Trinajstić information content (AvgIpc) is 2.20. The van der Waals surface area contributed by atoms with Gasteiger partial charge in [0, 0.05) is 12.8 Å². The lowest BCUT2D eigenvalue weighted by atomic mass is 10.0. The molecule has 0 saturated carbocycles. The van der Waals surface area contributed by atoms with E-state index in [4.69, 9.17) is 0 Å². The van der Waals surface area contributed by atoms with Crippen molar-refractivity contribution in [1.82, 2.24) is 0 Å². The molecule has 2 nitrogen and oxygen atoms in total. The molecule has 0 aromatic heterocycles. The zero-order valence-corrected chi connectivity index (χ0v) is 8.54. The molecular weight excluding hydrogens is 176 g/mol. The number of Topliss-reactive ketones (excluding diaryl/α,β-unsaturated/α-hetero) is 2. The van der Waals surface area contributed by atoms with Crippen LogP contribution in [-0.4, -0.2) is 11.6 Å². The molecule has 14 heavy (non-hydrogen) atoms. The Bertz CT molecular complexity index is 336. The maximum atomic E-state index is 11.3. The first-order chi connectivity index (χ1) is 6.63. The number of carbonyl (C=O) groups is 2. The summed E-state index contributed by atoms with van der Waals surface area (Å²) < 4.78 is 0. The first-order valence-electron chi connectivity index (χ1n) is 4.75. The summed E-state index contributed by atoms with van der Waals surface area (Å²) in [6.45, 7) is 3.69. The second-order valence-corrected chi connectivity index (χ2v) is 3.36. The van der Waals surface area contributed by atoms with Crippen LogP contribution in [0.2, 0.25) is 0 Å². The molecular formula is C12H14O2. The summed E-state index contributed by atoms with van der Waals surface area (Å²) in [6.07, 6.45) is 0.525. The van der Waals surface area contributed by atoms with Crippen LogP contribution in [0.3, 0.4) is 0 Å². The average molecular weight is 190 g/mol. The fourth-order valence-corrected chi connectivity index (χ4v) is 1.19. The van der Waals surface area contributed by atoms with Crippen molar-refractivity contribution in [3.05, 3.63) is 35.4 Å². The van der Waals surface area contributed by atoms with E-state index in [0.29, 0.717) is 6.42 Å². The molecule has 0 unspecified atom stereocenters. The van der Waals surface area contributed by atoms with Crippen molar-refractivity contribution < 1.29 is 9.59 Å². The van der Waals surface area contributed by atoms with Gasteiger partial charge in [0.2, 0.25) is 5.78 Å². The number of aryl methyl sites for hydroxylation is 1. The lowest BCUT2D eigenvalue weighted by Crippen LogP contribution is -2.14. The highest BCUT2D eigenvalue weighted by atomic mass is 16.2. The third-order valence-electron chi connectivity index (χ3n) is 2.12. The molecule has 1 aromatic carbocycles. The smallest absolute Gasteiger partial charge is 0.202 e. The van der Waals surface area contributed by atoms with Gasteiger partial charge in [0.15, 0.2) is 5.78 Å². The van der Waals surface area contributed by atoms with Crippen LogP contribution in [0.5, 0.6) is 0 Å². The van der Waals surface area contributed by atoms with Crippen molar-refractivity contribution >= 4 is 11.6 Å². The van der Waals surface area contributed by atoms with Gasteiger partial charge in [-0.3, -0.25) is 9.59 Å². The molecule has 0 aliphatic rings. The minimum atomic E-state index is -0.295. The van der Waals surface area contributed by atoms with E-state index in [1.54, 1.807) is 6.92 Å². The summed E-state index contributed by atoms with van der Waals surface area (Å²) in [5, 5.41) is 0. The van der Waals surface area contributed by atoms with Crippen LogP contribution >= 0.6 is 0 Å². The summed E-state index contributed by atoms with van der Waals surface area (Å²) in [7, 11) is 0. The summed E-state index contributed by atoms with van der Waals surface area (Å²) in [5.74, 6) is -0.582. The van der Waals surface area contributed by atoms with E-state index in [1.807, 2.05) is 31.2 Å². The number of carbonyl (C=O) groups excluding carboxylic acids is 2. The second kappa shape index (κ2) is 4.70. The Kier molecular flexibility index (Phi) is 3.57. The Labute approximate surface area is 83.9 Å². The van der Waals surface area contributed by atoms with Gasteiger partial charge in [0.25, 0.3) is 0 Å². The molecule has 0 atom stereocenters. The van der Waals surface area contributed by atoms with Gasteiger partial charge in [0.1, 0.15) is 0 Å². The van der Waals surface area contributed by atoms with Gasteiger partial charge >= 0.3 is 0 Å². The van der Waals surface area contributed by atoms with Crippen LogP contribution in [0.25, 0.3) is 0 Å². The van der Waals surface area contributed by atoms with Gasteiger partial charge in [-0.15, -0.1) is 0 Å². The molecule has 0 N–H and O–H groups in total. The van der Waals surface area contributed by atoms with E-state index in [1.165, 1.54) is 0 Å².